The molecule has 4 rings (SSSR count). The summed E-state index contributed by atoms with van der Waals surface area (Å²) in [6.07, 6.45) is 6.10. The van der Waals surface area contributed by atoms with E-state index in [4.69, 9.17) is 4.74 Å². The van der Waals surface area contributed by atoms with Gasteiger partial charge < -0.3 is 15.4 Å². The molecule has 8 heteroatoms. The molecular weight excluding hydrogens is 340 g/mol. The molecule has 2 aromatic rings. The summed E-state index contributed by atoms with van der Waals surface area (Å²) in [6, 6.07) is 1.80. The third-order valence-corrected chi connectivity index (χ3v) is 5.09. The molecule has 2 fully saturated rings. The fourth-order valence-corrected chi connectivity index (χ4v) is 3.53. The largest absolute Gasteiger partial charge is 0.474 e. The highest BCUT2D eigenvalue weighted by atomic mass is 19.3. The topological polar surface area (TPSA) is 72.0 Å². The molecule has 1 aliphatic heterocycles. The van der Waals surface area contributed by atoms with E-state index in [1.165, 1.54) is 0 Å². The van der Waals surface area contributed by atoms with Crippen LogP contribution in [0.5, 0.6) is 5.88 Å². The van der Waals surface area contributed by atoms with Crippen molar-refractivity contribution in [2.75, 3.05) is 18.4 Å². The number of pyridine rings is 1. The molecule has 1 aliphatic carbocycles. The van der Waals surface area contributed by atoms with Crippen LogP contribution in [0, 0.1) is 0 Å². The van der Waals surface area contributed by atoms with Crippen LogP contribution < -0.4 is 15.4 Å². The predicted molar refractivity (Wildman–Crippen MR) is 94.7 cm³/mol. The standard InChI is InChI=1S/C18H23F2N5O/c19-18(20)6-1-12(2-7-18)24-17-23-11-14-15(25-17)5-10-22-16(14)26-13-3-8-21-9-4-13/h5,10-13,21H,1-4,6-9H2,(H,23,24,25). The van der Waals surface area contributed by atoms with Crippen molar-refractivity contribution in [3.8, 4) is 5.88 Å². The zero-order chi connectivity index (χ0) is 18.0. The second kappa shape index (κ2) is 7.26. The van der Waals surface area contributed by atoms with Gasteiger partial charge in [-0.3, -0.25) is 0 Å². The zero-order valence-electron chi connectivity index (χ0n) is 14.5. The van der Waals surface area contributed by atoms with Gasteiger partial charge in [-0.15, -0.1) is 0 Å². The summed E-state index contributed by atoms with van der Waals surface area (Å²) in [6.45, 7) is 1.89. The number of rotatable bonds is 4. The van der Waals surface area contributed by atoms with E-state index in [1.54, 1.807) is 12.4 Å². The number of nitrogens with zero attached hydrogens (tertiary/aromatic N) is 3. The lowest BCUT2D eigenvalue weighted by molar-refractivity contribution is -0.0361. The van der Waals surface area contributed by atoms with E-state index in [0.717, 1.165) is 36.8 Å². The second-order valence-electron chi connectivity index (χ2n) is 7.08. The van der Waals surface area contributed by atoms with Gasteiger partial charge in [0.2, 0.25) is 17.8 Å². The van der Waals surface area contributed by atoms with Crippen LogP contribution in [0.4, 0.5) is 14.7 Å². The number of halogens is 2. The number of alkyl halides is 2. The van der Waals surface area contributed by atoms with Gasteiger partial charge >= 0.3 is 0 Å². The summed E-state index contributed by atoms with van der Waals surface area (Å²) in [5.74, 6) is -1.51. The van der Waals surface area contributed by atoms with E-state index < -0.39 is 5.92 Å². The first-order valence-electron chi connectivity index (χ1n) is 9.23. The van der Waals surface area contributed by atoms with Gasteiger partial charge in [0, 0.05) is 31.3 Å². The highest BCUT2D eigenvalue weighted by Gasteiger charge is 2.35. The smallest absolute Gasteiger partial charge is 0.248 e. The Morgan fingerprint density at radius 3 is 2.65 bits per heavy atom. The van der Waals surface area contributed by atoms with E-state index in [-0.39, 0.29) is 25.0 Å². The number of piperidine rings is 1. The van der Waals surface area contributed by atoms with E-state index in [0.29, 0.717) is 24.7 Å². The zero-order valence-corrected chi connectivity index (χ0v) is 14.5. The minimum absolute atomic E-state index is 0.0145. The number of nitrogens with one attached hydrogen (secondary N) is 2. The lowest BCUT2D eigenvalue weighted by atomic mass is 9.92. The lowest BCUT2D eigenvalue weighted by Gasteiger charge is -2.28. The normalized spacial score (nSPS) is 21.6. The van der Waals surface area contributed by atoms with Crippen LogP contribution in [0.3, 0.4) is 0 Å². The van der Waals surface area contributed by atoms with Crippen LogP contribution in [0.25, 0.3) is 10.9 Å². The summed E-state index contributed by atoms with van der Waals surface area (Å²) >= 11 is 0. The van der Waals surface area contributed by atoms with Crippen LogP contribution in [0.1, 0.15) is 38.5 Å². The summed E-state index contributed by atoms with van der Waals surface area (Å²) in [5, 5.41) is 7.27. The Bertz CT molecular complexity index is 756. The average Bonchev–Trinajstić information content (AvgIpc) is 2.64. The van der Waals surface area contributed by atoms with Crippen LogP contribution in [0.2, 0.25) is 0 Å². The summed E-state index contributed by atoms with van der Waals surface area (Å²) in [7, 11) is 0. The molecule has 0 spiro atoms. The van der Waals surface area contributed by atoms with Crippen molar-refractivity contribution in [2.45, 2.75) is 56.6 Å². The molecule has 0 atom stereocenters. The average molecular weight is 363 g/mol. The molecule has 0 amide bonds. The summed E-state index contributed by atoms with van der Waals surface area (Å²) < 4.78 is 32.6. The summed E-state index contributed by atoms with van der Waals surface area (Å²) in [5.41, 5.74) is 0.738. The summed E-state index contributed by atoms with van der Waals surface area (Å²) in [4.78, 5) is 13.2. The maximum atomic E-state index is 13.3. The number of ether oxygens (including phenoxy) is 1. The van der Waals surface area contributed by atoms with Crippen molar-refractivity contribution in [3.05, 3.63) is 18.5 Å². The van der Waals surface area contributed by atoms with Crippen molar-refractivity contribution in [1.29, 1.82) is 0 Å². The van der Waals surface area contributed by atoms with Gasteiger partial charge in [-0.1, -0.05) is 0 Å². The van der Waals surface area contributed by atoms with Gasteiger partial charge in [-0.2, -0.15) is 0 Å². The highest BCUT2D eigenvalue weighted by molar-refractivity contribution is 5.83. The molecule has 26 heavy (non-hydrogen) atoms. The Morgan fingerprint density at radius 1 is 1.12 bits per heavy atom. The van der Waals surface area contributed by atoms with E-state index in [2.05, 4.69) is 25.6 Å². The molecule has 2 aromatic heterocycles. The molecule has 0 aromatic carbocycles. The van der Waals surface area contributed by atoms with Crippen molar-refractivity contribution in [2.24, 2.45) is 0 Å². The van der Waals surface area contributed by atoms with Gasteiger partial charge in [0.1, 0.15) is 6.10 Å². The van der Waals surface area contributed by atoms with Crippen LogP contribution in [-0.4, -0.2) is 46.1 Å². The SMILES string of the molecule is FC1(F)CCC(Nc2ncc3c(OC4CCNCC4)nccc3n2)CC1. The van der Waals surface area contributed by atoms with Gasteiger partial charge in [-0.25, -0.2) is 23.7 Å². The fourth-order valence-electron chi connectivity index (χ4n) is 3.53. The highest BCUT2D eigenvalue weighted by Crippen LogP contribution is 2.34. The number of fused-ring (bicyclic) bond motifs is 1. The Kier molecular flexibility index (Phi) is 4.84. The number of anilines is 1. The monoisotopic (exact) mass is 363 g/mol. The number of hydrogen-bond acceptors (Lipinski definition) is 6. The first kappa shape index (κ1) is 17.3. The van der Waals surface area contributed by atoms with Crippen LogP contribution >= 0.6 is 0 Å². The van der Waals surface area contributed by atoms with Gasteiger partial charge in [0.25, 0.3) is 0 Å². The van der Waals surface area contributed by atoms with Gasteiger partial charge in [0.15, 0.2) is 0 Å². The molecule has 2 N–H and O–H groups in total. The minimum Gasteiger partial charge on any atom is -0.474 e. The molecular formula is C18H23F2N5O. The van der Waals surface area contributed by atoms with Crippen molar-refractivity contribution in [1.82, 2.24) is 20.3 Å². The molecule has 1 saturated heterocycles. The Morgan fingerprint density at radius 2 is 1.88 bits per heavy atom. The predicted octanol–water partition coefficient (Wildman–Crippen LogP) is 3.15. The van der Waals surface area contributed by atoms with E-state index in [9.17, 15) is 8.78 Å². The first-order chi connectivity index (χ1) is 12.6. The molecule has 0 bridgehead atoms. The second-order valence-corrected chi connectivity index (χ2v) is 7.08. The number of hydrogen-bond donors (Lipinski definition) is 2. The van der Waals surface area contributed by atoms with Crippen molar-refractivity contribution >= 4 is 16.9 Å². The van der Waals surface area contributed by atoms with Gasteiger partial charge in [0.05, 0.1) is 10.9 Å². The molecule has 140 valence electrons. The molecule has 3 heterocycles. The quantitative estimate of drug-likeness (QED) is 0.870. The minimum atomic E-state index is -2.53. The third-order valence-electron chi connectivity index (χ3n) is 5.09. The number of aromatic nitrogens is 3. The Balaban J connectivity index is 1.47. The molecule has 6 nitrogen and oxygen atoms in total. The molecule has 0 radical (unpaired) electrons. The molecule has 0 unspecified atom stereocenters. The third kappa shape index (κ3) is 4.00. The Hall–Kier alpha value is -2.09. The maximum absolute atomic E-state index is 13.3. The first-order valence-corrected chi connectivity index (χ1v) is 9.23. The van der Waals surface area contributed by atoms with Crippen molar-refractivity contribution in [3.63, 3.8) is 0 Å². The Labute approximate surface area is 150 Å². The maximum Gasteiger partial charge on any atom is 0.248 e. The molecule has 1 saturated carbocycles. The molecule has 2 aliphatic rings. The fraction of sp³-hybridized carbons (Fsp3) is 0.611. The van der Waals surface area contributed by atoms with Crippen molar-refractivity contribution < 1.29 is 13.5 Å². The van der Waals surface area contributed by atoms with Crippen LogP contribution in [-0.2, 0) is 0 Å². The van der Waals surface area contributed by atoms with E-state index in [1.807, 2.05) is 6.07 Å². The van der Waals surface area contributed by atoms with Crippen LogP contribution in [0.15, 0.2) is 18.5 Å². The van der Waals surface area contributed by atoms with Gasteiger partial charge in [-0.05, 0) is 44.8 Å². The van der Waals surface area contributed by atoms with E-state index >= 15 is 0 Å². The lowest BCUT2D eigenvalue weighted by Crippen LogP contribution is -2.34.